The molecule has 0 radical (unpaired) electrons. The van der Waals surface area contributed by atoms with Gasteiger partial charge in [-0.15, -0.1) is 0 Å². The van der Waals surface area contributed by atoms with Gasteiger partial charge in [-0.25, -0.2) is 4.39 Å². The van der Waals surface area contributed by atoms with Gasteiger partial charge in [-0.3, -0.25) is 0 Å². The van der Waals surface area contributed by atoms with E-state index in [0.29, 0.717) is 11.3 Å². The van der Waals surface area contributed by atoms with Crippen LogP contribution < -0.4 is 5.73 Å². The zero-order chi connectivity index (χ0) is 11.7. The molecule has 4 heteroatoms. The second kappa shape index (κ2) is 4.44. The van der Waals surface area contributed by atoms with Crippen molar-refractivity contribution in [1.29, 1.82) is 0 Å². The molecule has 0 atom stereocenters. The van der Waals surface area contributed by atoms with Gasteiger partial charge in [0.15, 0.2) is 0 Å². The molecule has 2 aromatic carbocycles. The fourth-order valence-electron chi connectivity index (χ4n) is 1.45. The maximum Gasteiger partial charge on any atom is 0.125 e. The van der Waals surface area contributed by atoms with Gasteiger partial charge in [0.1, 0.15) is 5.82 Å². The first-order chi connectivity index (χ1) is 7.58. The van der Waals surface area contributed by atoms with E-state index in [1.165, 1.54) is 12.1 Å². The topological polar surface area (TPSA) is 26.0 Å². The van der Waals surface area contributed by atoms with Crippen LogP contribution in [0.1, 0.15) is 0 Å². The van der Waals surface area contributed by atoms with Crippen LogP contribution in [0.5, 0.6) is 0 Å². The summed E-state index contributed by atoms with van der Waals surface area (Å²) in [6.07, 6.45) is 0. The maximum absolute atomic E-state index is 13.2. The molecule has 0 aliphatic heterocycles. The van der Waals surface area contributed by atoms with Crippen LogP contribution in [-0.4, -0.2) is 0 Å². The van der Waals surface area contributed by atoms with Crippen LogP contribution in [0.25, 0.3) is 11.1 Å². The molecule has 2 N–H and O–H groups in total. The highest BCUT2D eigenvalue weighted by Gasteiger charge is 2.08. The Labute approximate surface area is 106 Å². The molecule has 2 aromatic rings. The van der Waals surface area contributed by atoms with E-state index in [2.05, 4.69) is 15.9 Å². The Balaban J connectivity index is 2.59. The van der Waals surface area contributed by atoms with Crippen LogP contribution in [0.3, 0.4) is 0 Å². The number of hydrogen-bond donors (Lipinski definition) is 1. The molecule has 0 bridgehead atoms. The van der Waals surface area contributed by atoms with E-state index >= 15 is 0 Å². The Bertz CT molecular complexity index is 525. The first kappa shape index (κ1) is 11.4. The Kier molecular flexibility index (Phi) is 3.17. The Morgan fingerprint density at radius 2 is 1.75 bits per heavy atom. The van der Waals surface area contributed by atoms with Gasteiger partial charge in [-0.1, -0.05) is 39.7 Å². The van der Waals surface area contributed by atoms with Gasteiger partial charge < -0.3 is 5.73 Å². The molecule has 0 amide bonds. The van der Waals surface area contributed by atoms with Crippen molar-refractivity contribution in [2.45, 2.75) is 0 Å². The van der Waals surface area contributed by atoms with E-state index in [4.69, 9.17) is 17.3 Å². The SMILES string of the molecule is Nc1c(Cl)cc(F)cc1-c1ccc(Br)cc1. The van der Waals surface area contributed by atoms with Crippen molar-refractivity contribution in [1.82, 2.24) is 0 Å². The smallest absolute Gasteiger partial charge is 0.125 e. The van der Waals surface area contributed by atoms with Crippen molar-refractivity contribution in [2.24, 2.45) is 0 Å². The minimum Gasteiger partial charge on any atom is -0.397 e. The van der Waals surface area contributed by atoms with Crippen LogP contribution in [0.4, 0.5) is 10.1 Å². The summed E-state index contributed by atoms with van der Waals surface area (Å²) in [6, 6.07) is 10.0. The minimum absolute atomic E-state index is 0.234. The molecule has 0 saturated carbocycles. The lowest BCUT2D eigenvalue weighted by molar-refractivity contribution is 0.628. The van der Waals surface area contributed by atoms with E-state index < -0.39 is 5.82 Å². The highest BCUT2D eigenvalue weighted by Crippen LogP contribution is 2.33. The van der Waals surface area contributed by atoms with Crippen LogP contribution >= 0.6 is 27.5 Å². The molecule has 0 aliphatic rings. The van der Waals surface area contributed by atoms with Gasteiger partial charge in [0.25, 0.3) is 0 Å². The van der Waals surface area contributed by atoms with E-state index in [0.717, 1.165) is 10.0 Å². The van der Waals surface area contributed by atoms with Crippen molar-refractivity contribution >= 4 is 33.2 Å². The average Bonchev–Trinajstić information content (AvgIpc) is 2.25. The summed E-state index contributed by atoms with van der Waals surface area (Å²) in [4.78, 5) is 0. The summed E-state index contributed by atoms with van der Waals surface area (Å²) >= 11 is 9.16. The zero-order valence-electron chi connectivity index (χ0n) is 8.18. The molecule has 0 heterocycles. The molecular weight excluding hydrogens is 292 g/mol. The van der Waals surface area contributed by atoms with Crippen molar-refractivity contribution in [3.05, 3.63) is 51.7 Å². The molecule has 0 aliphatic carbocycles. The molecular formula is C12H8BrClFN. The number of hydrogen-bond acceptors (Lipinski definition) is 1. The number of nitrogen functional groups attached to an aromatic ring is 1. The predicted octanol–water partition coefficient (Wildman–Crippen LogP) is 4.49. The summed E-state index contributed by atoms with van der Waals surface area (Å²) in [7, 11) is 0. The lowest BCUT2D eigenvalue weighted by Gasteiger charge is -2.08. The molecule has 0 aromatic heterocycles. The van der Waals surface area contributed by atoms with Crippen molar-refractivity contribution in [3.8, 4) is 11.1 Å². The standard InChI is InChI=1S/C12H8BrClFN/c13-8-3-1-7(2-4-8)10-5-9(15)6-11(14)12(10)16/h1-6H,16H2. The van der Waals surface area contributed by atoms with Gasteiger partial charge in [-0.2, -0.15) is 0 Å². The Morgan fingerprint density at radius 1 is 1.12 bits per heavy atom. The summed E-state index contributed by atoms with van der Waals surface area (Å²) in [5.74, 6) is -0.392. The van der Waals surface area contributed by atoms with Crippen molar-refractivity contribution in [3.63, 3.8) is 0 Å². The van der Waals surface area contributed by atoms with E-state index in [1.807, 2.05) is 24.3 Å². The molecule has 0 unspecified atom stereocenters. The number of halogens is 3. The van der Waals surface area contributed by atoms with Crippen LogP contribution in [0, 0.1) is 5.82 Å². The Hall–Kier alpha value is -1.06. The molecule has 1 nitrogen and oxygen atoms in total. The van der Waals surface area contributed by atoms with E-state index in [1.54, 1.807) is 0 Å². The third-order valence-electron chi connectivity index (χ3n) is 2.25. The highest BCUT2D eigenvalue weighted by atomic mass is 79.9. The third-order valence-corrected chi connectivity index (χ3v) is 3.09. The fraction of sp³-hybridized carbons (Fsp3) is 0. The first-order valence-electron chi connectivity index (χ1n) is 4.58. The molecule has 0 fully saturated rings. The molecule has 0 spiro atoms. The lowest BCUT2D eigenvalue weighted by Crippen LogP contribution is -1.92. The number of anilines is 1. The molecule has 82 valence electrons. The normalized spacial score (nSPS) is 10.4. The van der Waals surface area contributed by atoms with Crippen LogP contribution in [0.2, 0.25) is 5.02 Å². The van der Waals surface area contributed by atoms with Gasteiger partial charge in [0.05, 0.1) is 10.7 Å². The number of nitrogens with two attached hydrogens (primary N) is 1. The van der Waals surface area contributed by atoms with Gasteiger partial charge in [0.2, 0.25) is 0 Å². The monoisotopic (exact) mass is 299 g/mol. The summed E-state index contributed by atoms with van der Waals surface area (Å²) in [6.45, 7) is 0. The maximum atomic E-state index is 13.2. The number of benzene rings is 2. The van der Waals surface area contributed by atoms with Crippen LogP contribution in [-0.2, 0) is 0 Å². The fourth-order valence-corrected chi connectivity index (χ4v) is 1.92. The molecule has 2 rings (SSSR count). The highest BCUT2D eigenvalue weighted by molar-refractivity contribution is 9.10. The number of rotatable bonds is 1. The quantitative estimate of drug-likeness (QED) is 0.772. The molecule has 0 saturated heterocycles. The summed E-state index contributed by atoms with van der Waals surface area (Å²) < 4.78 is 14.2. The van der Waals surface area contributed by atoms with Crippen molar-refractivity contribution in [2.75, 3.05) is 5.73 Å². The van der Waals surface area contributed by atoms with Crippen LogP contribution in [0.15, 0.2) is 40.9 Å². The molecule has 16 heavy (non-hydrogen) atoms. The minimum atomic E-state index is -0.392. The van der Waals surface area contributed by atoms with Gasteiger partial charge in [0, 0.05) is 10.0 Å². The predicted molar refractivity (Wildman–Crippen MR) is 69.0 cm³/mol. The van der Waals surface area contributed by atoms with Crippen molar-refractivity contribution < 1.29 is 4.39 Å². The second-order valence-electron chi connectivity index (χ2n) is 3.36. The van der Waals surface area contributed by atoms with E-state index in [-0.39, 0.29) is 5.02 Å². The zero-order valence-corrected chi connectivity index (χ0v) is 10.5. The first-order valence-corrected chi connectivity index (χ1v) is 5.75. The largest absolute Gasteiger partial charge is 0.397 e. The van der Waals surface area contributed by atoms with Gasteiger partial charge >= 0.3 is 0 Å². The summed E-state index contributed by atoms with van der Waals surface area (Å²) in [5, 5.41) is 0.234. The van der Waals surface area contributed by atoms with Gasteiger partial charge in [-0.05, 0) is 29.8 Å². The second-order valence-corrected chi connectivity index (χ2v) is 4.68. The third kappa shape index (κ3) is 2.20. The summed E-state index contributed by atoms with van der Waals surface area (Å²) in [5.41, 5.74) is 7.65. The Morgan fingerprint density at radius 3 is 2.38 bits per heavy atom. The lowest BCUT2D eigenvalue weighted by atomic mass is 10.0. The van der Waals surface area contributed by atoms with E-state index in [9.17, 15) is 4.39 Å². The average molecular weight is 301 g/mol.